The molecule has 0 aliphatic rings. The second-order valence-electron chi connectivity index (χ2n) is 6.35. The molecule has 2 rings (SSSR count). The molecule has 0 aliphatic carbocycles. The molecule has 0 saturated heterocycles. The molecule has 0 bridgehead atoms. The molecule has 0 aromatic heterocycles. The third kappa shape index (κ3) is 6.71. The Kier molecular flexibility index (Phi) is 10.2. The minimum atomic E-state index is -3.53. The second kappa shape index (κ2) is 11.4. The van der Waals surface area contributed by atoms with Crippen molar-refractivity contribution in [2.75, 3.05) is 21.1 Å². The van der Waals surface area contributed by atoms with E-state index >= 15 is 0 Å². The molecule has 6 nitrogen and oxygen atoms in total. The van der Waals surface area contributed by atoms with E-state index < -0.39 is 10.0 Å². The largest absolute Gasteiger partial charge is 0.352 e. The third-order valence-corrected chi connectivity index (χ3v) is 6.66. The van der Waals surface area contributed by atoms with Gasteiger partial charge < -0.3 is 10.6 Å². The zero-order chi connectivity index (χ0) is 20.9. The van der Waals surface area contributed by atoms with Gasteiger partial charge in [0.25, 0.3) is 0 Å². The lowest BCUT2D eigenvalue weighted by Crippen LogP contribution is -2.38. The van der Waals surface area contributed by atoms with E-state index in [1.54, 1.807) is 43.4 Å². The minimum absolute atomic E-state index is 0. The Bertz CT molecular complexity index is 968. The monoisotopic (exact) mass is 570 g/mol. The van der Waals surface area contributed by atoms with Crippen molar-refractivity contribution in [3.8, 4) is 0 Å². The maximum absolute atomic E-state index is 12.5. The van der Waals surface area contributed by atoms with Gasteiger partial charge in [-0.1, -0.05) is 47.5 Å². The molecule has 0 amide bonds. The first-order chi connectivity index (χ1) is 13.2. The highest BCUT2D eigenvalue weighted by molar-refractivity contribution is 14.0. The molecular weight excluding hydrogens is 546 g/mol. The summed E-state index contributed by atoms with van der Waals surface area (Å²) in [6, 6.07) is 12.1. The van der Waals surface area contributed by atoms with Crippen LogP contribution >= 0.6 is 47.2 Å². The van der Waals surface area contributed by atoms with E-state index in [0.29, 0.717) is 28.1 Å². The highest BCUT2D eigenvalue weighted by atomic mass is 127. The Labute approximate surface area is 199 Å². The van der Waals surface area contributed by atoms with Crippen molar-refractivity contribution in [3.05, 3.63) is 63.6 Å². The molecular formula is C19H25Cl2IN4O2S. The quantitative estimate of drug-likeness (QED) is 0.309. The minimum Gasteiger partial charge on any atom is -0.352 e. The summed E-state index contributed by atoms with van der Waals surface area (Å²) in [6.45, 7) is 2.25. The summed E-state index contributed by atoms with van der Waals surface area (Å²) in [5.74, 6) is 0.524. The van der Waals surface area contributed by atoms with Crippen LogP contribution in [0.1, 0.15) is 24.1 Å². The van der Waals surface area contributed by atoms with Crippen molar-refractivity contribution < 1.29 is 8.42 Å². The number of guanidine groups is 1. The van der Waals surface area contributed by atoms with Crippen molar-refractivity contribution in [1.29, 1.82) is 0 Å². The molecule has 29 heavy (non-hydrogen) atoms. The lowest BCUT2D eigenvalue weighted by molar-refractivity contribution is 0.519. The number of nitrogens with zero attached hydrogens (tertiary/aromatic N) is 2. The van der Waals surface area contributed by atoms with Crippen LogP contribution in [0.3, 0.4) is 0 Å². The molecule has 0 spiro atoms. The maximum atomic E-state index is 12.5. The fourth-order valence-electron chi connectivity index (χ4n) is 2.61. The highest BCUT2D eigenvalue weighted by Gasteiger charge is 2.21. The van der Waals surface area contributed by atoms with Crippen LogP contribution < -0.4 is 10.6 Å². The topological polar surface area (TPSA) is 73.8 Å². The average molecular weight is 571 g/mol. The van der Waals surface area contributed by atoms with Gasteiger partial charge in [0, 0.05) is 37.7 Å². The van der Waals surface area contributed by atoms with E-state index in [0.717, 1.165) is 5.56 Å². The first kappa shape index (κ1) is 26.0. The standard InChI is InChI=1S/C19H24Cl2N4O2S.HI/c1-13(16-10-9-15(20)11-17(16)21)24-19(22-2)23-12-14-7-5-6-8-18(14)28(26,27)25(3)4;/h5-11,13H,12H2,1-4H3,(H2,22,23,24);1H. The molecule has 2 N–H and O–H groups in total. The van der Waals surface area contributed by atoms with Crippen LogP contribution in [0.25, 0.3) is 0 Å². The third-order valence-electron chi connectivity index (χ3n) is 4.18. The number of hydrogen-bond acceptors (Lipinski definition) is 3. The molecule has 10 heteroatoms. The SMILES string of the molecule is CN=C(NCc1ccccc1S(=O)(=O)N(C)C)NC(C)c1ccc(Cl)cc1Cl.I. The molecule has 0 aliphatic heterocycles. The molecule has 160 valence electrons. The lowest BCUT2D eigenvalue weighted by Gasteiger charge is -2.20. The van der Waals surface area contributed by atoms with Crippen molar-refractivity contribution in [3.63, 3.8) is 0 Å². The normalized spacial score (nSPS) is 13.0. The van der Waals surface area contributed by atoms with Gasteiger partial charge in [-0.15, -0.1) is 24.0 Å². The smallest absolute Gasteiger partial charge is 0.242 e. The number of aliphatic imine (C=N–C) groups is 1. The van der Waals surface area contributed by atoms with Crippen LogP contribution in [-0.2, 0) is 16.6 Å². The lowest BCUT2D eigenvalue weighted by atomic mass is 10.1. The Balaban J connectivity index is 0.00000420. The van der Waals surface area contributed by atoms with Gasteiger partial charge in [0.2, 0.25) is 10.0 Å². The van der Waals surface area contributed by atoms with Gasteiger partial charge in [-0.2, -0.15) is 0 Å². The number of hydrogen-bond donors (Lipinski definition) is 2. The maximum Gasteiger partial charge on any atom is 0.242 e. The molecule has 0 saturated carbocycles. The van der Waals surface area contributed by atoms with E-state index in [1.165, 1.54) is 18.4 Å². The van der Waals surface area contributed by atoms with Crippen LogP contribution in [0.2, 0.25) is 10.0 Å². The van der Waals surface area contributed by atoms with Gasteiger partial charge in [-0.25, -0.2) is 12.7 Å². The van der Waals surface area contributed by atoms with E-state index in [9.17, 15) is 8.42 Å². The highest BCUT2D eigenvalue weighted by Crippen LogP contribution is 2.26. The molecule has 2 aromatic rings. The second-order valence-corrected chi connectivity index (χ2v) is 9.32. The molecule has 0 radical (unpaired) electrons. The molecule has 0 fully saturated rings. The number of halogens is 3. The van der Waals surface area contributed by atoms with Gasteiger partial charge in [-0.3, -0.25) is 4.99 Å². The van der Waals surface area contributed by atoms with Crippen LogP contribution in [-0.4, -0.2) is 39.8 Å². The molecule has 2 aromatic carbocycles. The van der Waals surface area contributed by atoms with Gasteiger partial charge in [0.05, 0.1) is 10.9 Å². The fourth-order valence-corrected chi connectivity index (χ4v) is 4.29. The van der Waals surface area contributed by atoms with E-state index in [4.69, 9.17) is 23.2 Å². The Morgan fingerprint density at radius 2 is 1.83 bits per heavy atom. The van der Waals surface area contributed by atoms with Gasteiger partial charge >= 0.3 is 0 Å². The van der Waals surface area contributed by atoms with E-state index in [2.05, 4.69) is 15.6 Å². The predicted molar refractivity (Wildman–Crippen MR) is 131 cm³/mol. The summed E-state index contributed by atoms with van der Waals surface area (Å²) in [7, 11) is 1.13. The number of rotatable bonds is 6. The number of sulfonamides is 1. The summed E-state index contributed by atoms with van der Waals surface area (Å²) in [5.41, 5.74) is 1.53. The van der Waals surface area contributed by atoms with Crippen molar-refractivity contribution in [1.82, 2.24) is 14.9 Å². The molecule has 1 unspecified atom stereocenters. The summed E-state index contributed by atoms with van der Waals surface area (Å²) in [5, 5.41) is 7.53. The Morgan fingerprint density at radius 3 is 2.41 bits per heavy atom. The summed E-state index contributed by atoms with van der Waals surface area (Å²) in [4.78, 5) is 4.47. The summed E-state index contributed by atoms with van der Waals surface area (Å²) < 4.78 is 26.2. The van der Waals surface area contributed by atoms with Gasteiger partial charge in [0.15, 0.2) is 5.96 Å². The van der Waals surface area contributed by atoms with Gasteiger partial charge in [0.1, 0.15) is 0 Å². The van der Waals surface area contributed by atoms with Crippen molar-refractivity contribution in [2.45, 2.75) is 24.4 Å². The van der Waals surface area contributed by atoms with Crippen LogP contribution in [0.15, 0.2) is 52.4 Å². The fraction of sp³-hybridized carbons (Fsp3) is 0.316. The molecule has 0 heterocycles. The van der Waals surface area contributed by atoms with Crippen molar-refractivity contribution >= 4 is 63.2 Å². The predicted octanol–water partition coefficient (Wildman–Crippen LogP) is 4.29. The van der Waals surface area contributed by atoms with Crippen LogP contribution in [0, 0.1) is 0 Å². The first-order valence-corrected chi connectivity index (χ1v) is 10.8. The van der Waals surface area contributed by atoms with E-state index in [1.807, 2.05) is 13.0 Å². The van der Waals surface area contributed by atoms with Crippen LogP contribution in [0.5, 0.6) is 0 Å². The van der Waals surface area contributed by atoms with Crippen molar-refractivity contribution in [2.24, 2.45) is 4.99 Å². The Morgan fingerprint density at radius 1 is 1.17 bits per heavy atom. The summed E-state index contributed by atoms with van der Waals surface area (Å²) in [6.07, 6.45) is 0. The zero-order valence-corrected chi connectivity index (χ0v) is 21.3. The summed E-state index contributed by atoms with van der Waals surface area (Å²) >= 11 is 12.2. The zero-order valence-electron chi connectivity index (χ0n) is 16.6. The van der Waals surface area contributed by atoms with Gasteiger partial charge in [-0.05, 0) is 36.2 Å². The number of benzene rings is 2. The van der Waals surface area contributed by atoms with E-state index in [-0.39, 0.29) is 34.9 Å². The molecule has 1 atom stereocenters. The number of nitrogens with one attached hydrogen (secondary N) is 2. The van der Waals surface area contributed by atoms with Crippen LogP contribution in [0.4, 0.5) is 0 Å². The first-order valence-electron chi connectivity index (χ1n) is 8.59. The average Bonchev–Trinajstić information content (AvgIpc) is 2.64. The Hall–Kier alpha value is -1.07.